The predicted octanol–water partition coefficient (Wildman–Crippen LogP) is 3.19. The molecule has 0 fully saturated rings. The number of ether oxygens (including phenoxy) is 1. The first-order chi connectivity index (χ1) is 9.13. The summed E-state index contributed by atoms with van der Waals surface area (Å²) in [6.45, 7) is 4.44. The summed E-state index contributed by atoms with van der Waals surface area (Å²) in [7, 11) is 0. The Kier molecular flexibility index (Phi) is 4.45. The van der Waals surface area contributed by atoms with E-state index in [-0.39, 0.29) is 6.61 Å². The zero-order chi connectivity index (χ0) is 13.8. The maximum Gasteiger partial charge on any atom is 0.143 e. The molecule has 1 aromatic heterocycles. The average molecular weight is 281 g/mol. The van der Waals surface area contributed by atoms with Gasteiger partial charge in [0.15, 0.2) is 0 Å². The molecule has 1 aromatic carbocycles. The van der Waals surface area contributed by atoms with Crippen LogP contribution in [0.1, 0.15) is 31.1 Å². The summed E-state index contributed by atoms with van der Waals surface area (Å²) in [4.78, 5) is 4.12. The van der Waals surface area contributed by atoms with Crippen molar-refractivity contribution >= 4 is 11.6 Å². The molecule has 2 rings (SSSR count). The molecule has 0 atom stereocenters. The number of aliphatic hydroxyl groups is 1. The lowest BCUT2D eigenvalue weighted by Crippen LogP contribution is -2.08. The van der Waals surface area contributed by atoms with Crippen molar-refractivity contribution in [3.8, 4) is 5.75 Å². The normalized spacial score (nSPS) is 11.0. The Labute approximate surface area is 117 Å². The van der Waals surface area contributed by atoms with Crippen LogP contribution in [0.15, 0.2) is 30.7 Å². The van der Waals surface area contributed by atoms with Crippen LogP contribution in [-0.4, -0.2) is 14.7 Å². The van der Waals surface area contributed by atoms with Gasteiger partial charge in [0.25, 0.3) is 0 Å². The van der Waals surface area contributed by atoms with E-state index in [1.54, 1.807) is 30.7 Å². The Bertz CT molecular complexity index is 552. The van der Waals surface area contributed by atoms with Crippen molar-refractivity contribution in [1.29, 1.82) is 0 Å². The smallest absolute Gasteiger partial charge is 0.143 e. The van der Waals surface area contributed by atoms with Crippen LogP contribution in [0.2, 0.25) is 5.02 Å². The Morgan fingerprint density at radius 1 is 1.42 bits per heavy atom. The van der Waals surface area contributed by atoms with Crippen LogP contribution in [0.5, 0.6) is 5.75 Å². The number of imidazole rings is 1. The highest BCUT2D eigenvalue weighted by Gasteiger charge is 2.10. The van der Waals surface area contributed by atoms with Crippen LogP contribution >= 0.6 is 11.6 Å². The van der Waals surface area contributed by atoms with Gasteiger partial charge in [-0.1, -0.05) is 23.7 Å². The zero-order valence-corrected chi connectivity index (χ0v) is 11.8. The summed E-state index contributed by atoms with van der Waals surface area (Å²) in [6.07, 6.45) is 3.55. The summed E-state index contributed by atoms with van der Waals surface area (Å²) >= 11 is 6.09. The third-order valence-electron chi connectivity index (χ3n) is 2.89. The number of nitrogens with zero attached hydrogens (tertiary/aromatic N) is 2. The number of hydrogen-bond acceptors (Lipinski definition) is 3. The minimum absolute atomic E-state index is 0.0979. The van der Waals surface area contributed by atoms with Crippen LogP contribution in [0, 0.1) is 0 Å². The molecule has 0 radical (unpaired) electrons. The minimum Gasteiger partial charge on any atom is -0.485 e. The molecular formula is C14H17ClN2O2. The van der Waals surface area contributed by atoms with Gasteiger partial charge in [0, 0.05) is 11.6 Å². The zero-order valence-electron chi connectivity index (χ0n) is 11.0. The van der Waals surface area contributed by atoms with E-state index < -0.39 is 0 Å². The van der Waals surface area contributed by atoms with E-state index in [0.717, 1.165) is 5.69 Å². The summed E-state index contributed by atoms with van der Waals surface area (Å²) in [6, 6.07) is 5.65. The molecule has 1 heterocycles. The topological polar surface area (TPSA) is 47.3 Å². The first-order valence-corrected chi connectivity index (χ1v) is 6.53. The Balaban J connectivity index is 2.17. The second kappa shape index (κ2) is 6.08. The van der Waals surface area contributed by atoms with Crippen LogP contribution in [0.3, 0.4) is 0 Å². The first kappa shape index (κ1) is 13.9. The number of para-hydroxylation sites is 1. The number of aromatic nitrogens is 2. The molecule has 102 valence electrons. The summed E-state index contributed by atoms with van der Waals surface area (Å²) in [5.41, 5.74) is 1.65. The third kappa shape index (κ3) is 3.08. The monoisotopic (exact) mass is 280 g/mol. The lowest BCUT2D eigenvalue weighted by Gasteiger charge is -2.14. The van der Waals surface area contributed by atoms with Crippen molar-refractivity contribution in [1.82, 2.24) is 9.55 Å². The number of rotatable bonds is 5. The van der Waals surface area contributed by atoms with Gasteiger partial charge in [0.05, 0.1) is 29.8 Å². The van der Waals surface area contributed by atoms with E-state index in [4.69, 9.17) is 16.3 Å². The fraction of sp³-hybridized carbons (Fsp3) is 0.357. The Morgan fingerprint density at radius 2 is 2.21 bits per heavy atom. The van der Waals surface area contributed by atoms with Gasteiger partial charge in [0.2, 0.25) is 0 Å². The molecule has 2 aromatic rings. The quantitative estimate of drug-likeness (QED) is 0.915. The van der Waals surface area contributed by atoms with Crippen LogP contribution < -0.4 is 4.74 Å². The van der Waals surface area contributed by atoms with Gasteiger partial charge in [-0.2, -0.15) is 0 Å². The van der Waals surface area contributed by atoms with Crippen LogP contribution in [0.25, 0.3) is 0 Å². The third-order valence-corrected chi connectivity index (χ3v) is 3.18. The standard InChI is InChI=1S/C14H17ClN2O2/c1-10(2)17-9-16-6-12(17)8-19-14-11(7-18)4-3-5-13(14)15/h3-6,9-10,18H,7-8H2,1-2H3. The van der Waals surface area contributed by atoms with E-state index in [2.05, 4.69) is 18.8 Å². The van der Waals surface area contributed by atoms with E-state index in [1.807, 2.05) is 4.57 Å². The Hall–Kier alpha value is -1.52. The lowest BCUT2D eigenvalue weighted by molar-refractivity contribution is 0.255. The molecule has 0 aliphatic rings. The molecule has 0 unspecified atom stereocenters. The summed E-state index contributed by atoms with van der Waals surface area (Å²) in [5.74, 6) is 0.531. The fourth-order valence-corrected chi connectivity index (χ4v) is 2.14. The molecule has 5 heteroatoms. The van der Waals surface area contributed by atoms with Crippen molar-refractivity contribution in [2.75, 3.05) is 0 Å². The van der Waals surface area contributed by atoms with Crippen molar-refractivity contribution < 1.29 is 9.84 Å². The number of benzene rings is 1. The predicted molar refractivity (Wildman–Crippen MR) is 74.3 cm³/mol. The number of halogens is 1. The van der Waals surface area contributed by atoms with Gasteiger partial charge in [-0.15, -0.1) is 0 Å². The van der Waals surface area contributed by atoms with Crippen LogP contribution in [0.4, 0.5) is 0 Å². The first-order valence-electron chi connectivity index (χ1n) is 6.15. The maximum atomic E-state index is 9.29. The fourth-order valence-electron chi connectivity index (χ4n) is 1.89. The maximum absolute atomic E-state index is 9.29. The highest BCUT2D eigenvalue weighted by Crippen LogP contribution is 2.29. The van der Waals surface area contributed by atoms with Crippen molar-refractivity contribution in [3.05, 3.63) is 47.0 Å². The van der Waals surface area contributed by atoms with Gasteiger partial charge in [-0.25, -0.2) is 4.98 Å². The molecule has 4 nitrogen and oxygen atoms in total. The SMILES string of the molecule is CC(C)n1cncc1COc1c(Cl)cccc1CO. The molecule has 0 bridgehead atoms. The molecule has 0 spiro atoms. The molecule has 0 saturated heterocycles. The van der Waals surface area contributed by atoms with E-state index in [9.17, 15) is 5.11 Å². The van der Waals surface area contributed by atoms with Gasteiger partial charge >= 0.3 is 0 Å². The highest BCUT2D eigenvalue weighted by atomic mass is 35.5. The van der Waals surface area contributed by atoms with Gasteiger partial charge in [-0.3, -0.25) is 0 Å². The summed E-state index contributed by atoms with van der Waals surface area (Å²) in [5, 5.41) is 9.79. The highest BCUT2D eigenvalue weighted by molar-refractivity contribution is 6.32. The minimum atomic E-state index is -0.0979. The second-order valence-corrected chi connectivity index (χ2v) is 4.97. The van der Waals surface area contributed by atoms with Gasteiger partial charge in [0.1, 0.15) is 12.4 Å². The molecule has 19 heavy (non-hydrogen) atoms. The van der Waals surface area contributed by atoms with E-state index in [0.29, 0.717) is 29.0 Å². The average Bonchev–Trinajstić information content (AvgIpc) is 2.85. The number of aliphatic hydroxyl groups excluding tert-OH is 1. The lowest BCUT2D eigenvalue weighted by atomic mass is 10.2. The summed E-state index contributed by atoms with van der Waals surface area (Å²) < 4.78 is 7.78. The molecule has 0 aliphatic carbocycles. The van der Waals surface area contributed by atoms with Gasteiger partial charge < -0.3 is 14.4 Å². The van der Waals surface area contributed by atoms with Crippen LogP contribution in [-0.2, 0) is 13.2 Å². The molecule has 0 amide bonds. The molecule has 0 aliphatic heterocycles. The molecule has 0 saturated carbocycles. The van der Waals surface area contributed by atoms with Crippen molar-refractivity contribution in [3.63, 3.8) is 0 Å². The molecular weight excluding hydrogens is 264 g/mol. The Morgan fingerprint density at radius 3 is 2.89 bits per heavy atom. The molecule has 1 N–H and O–H groups in total. The second-order valence-electron chi connectivity index (χ2n) is 4.56. The number of hydrogen-bond donors (Lipinski definition) is 1. The van der Waals surface area contributed by atoms with E-state index in [1.165, 1.54) is 0 Å². The van der Waals surface area contributed by atoms with Crippen molar-refractivity contribution in [2.45, 2.75) is 33.1 Å². The van der Waals surface area contributed by atoms with Gasteiger partial charge in [-0.05, 0) is 19.9 Å². The van der Waals surface area contributed by atoms with E-state index >= 15 is 0 Å². The van der Waals surface area contributed by atoms with Crippen molar-refractivity contribution in [2.24, 2.45) is 0 Å². The largest absolute Gasteiger partial charge is 0.485 e.